The summed E-state index contributed by atoms with van der Waals surface area (Å²) >= 11 is 0. The molecule has 5 heteroatoms. The second-order valence-electron chi connectivity index (χ2n) is 3.81. The lowest BCUT2D eigenvalue weighted by Crippen LogP contribution is -3.11. The minimum Gasteiger partial charge on any atom is -0.544 e. The maximum Gasteiger partial charge on any atom is 0.220 e. The fourth-order valence-electron chi connectivity index (χ4n) is 1.55. The van der Waals surface area contributed by atoms with Gasteiger partial charge in [-0.15, -0.1) is 0 Å². The van der Waals surface area contributed by atoms with Gasteiger partial charge in [-0.3, -0.25) is 4.79 Å². The number of likely N-dealkylation sites (N-methyl/N-ethyl adjacent to an activating group) is 1. The third-order valence-corrected chi connectivity index (χ3v) is 2.32. The number of para-hydroxylation sites is 1. The lowest BCUT2D eigenvalue weighted by atomic mass is 10.1. The normalized spacial score (nSPS) is 11.9. The molecule has 1 rings (SSSR count). The van der Waals surface area contributed by atoms with E-state index in [-0.39, 0.29) is 18.9 Å². The molecule has 17 heavy (non-hydrogen) atoms. The van der Waals surface area contributed by atoms with E-state index in [0.29, 0.717) is 16.2 Å². The van der Waals surface area contributed by atoms with Gasteiger partial charge in [-0.2, -0.15) is 0 Å². The van der Waals surface area contributed by atoms with Crippen molar-refractivity contribution in [1.82, 2.24) is 0 Å². The van der Waals surface area contributed by atoms with Crippen LogP contribution >= 0.6 is 0 Å². The fraction of sp³-hybridized carbons (Fsp3) is 0.333. The summed E-state index contributed by atoms with van der Waals surface area (Å²) in [6.07, 6.45) is 0. The van der Waals surface area contributed by atoms with Crippen molar-refractivity contribution < 1.29 is 24.3 Å². The number of benzene rings is 1. The first kappa shape index (κ1) is 13.2. The molecule has 0 saturated heterocycles. The van der Waals surface area contributed by atoms with Crippen molar-refractivity contribution in [2.45, 2.75) is 0 Å². The number of hydrogen-bond acceptors (Lipinski definition) is 4. The van der Waals surface area contributed by atoms with E-state index >= 15 is 0 Å². The zero-order valence-electron chi connectivity index (χ0n) is 9.86. The molecule has 0 aromatic heterocycles. The number of Topliss-reactive ketones (excluding diaryl/α,β-unsaturated/α-hetero) is 1. The number of carboxylic acid groups (broad SMARTS) is 1. The molecule has 0 bridgehead atoms. The van der Waals surface area contributed by atoms with Gasteiger partial charge in [0, 0.05) is 0 Å². The number of carbonyl (C=O) groups is 2. The SMILES string of the molecule is COc1ccccc1C(=O)C[NH+](C)CC(=O)[O-]. The number of ketones is 1. The average molecular weight is 237 g/mol. The summed E-state index contributed by atoms with van der Waals surface area (Å²) < 4.78 is 5.07. The molecule has 0 amide bonds. The first-order chi connectivity index (χ1) is 8.04. The van der Waals surface area contributed by atoms with Crippen molar-refractivity contribution >= 4 is 11.8 Å². The topological polar surface area (TPSA) is 70.9 Å². The third-order valence-electron chi connectivity index (χ3n) is 2.32. The highest BCUT2D eigenvalue weighted by atomic mass is 16.5. The van der Waals surface area contributed by atoms with Crippen LogP contribution in [0.15, 0.2) is 24.3 Å². The average Bonchev–Trinajstić information content (AvgIpc) is 2.27. The number of carbonyl (C=O) groups excluding carboxylic acids is 2. The highest BCUT2D eigenvalue weighted by Gasteiger charge is 2.16. The lowest BCUT2D eigenvalue weighted by molar-refractivity contribution is -0.864. The van der Waals surface area contributed by atoms with Crippen molar-refractivity contribution in [3.63, 3.8) is 0 Å². The number of quaternary nitrogens is 1. The van der Waals surface area contributed by atoms with Crippen molar-refractivity contribution in [2.75, 3.05) is 27.2 Å². The van der Waals surface area contributed by atoms with Gasteiger partial charge in [0.25, 0.3) is 0 Å². The van der Waals surface area contributed by atoms with E-state index in [1.165, 1.54) is 7.11 Å². The van der Waals surface area contributed by atoms with Crippen LogP contribution in [0.2, 0.25) is 0 Å². The van der Waals surface area contributed by atoms with Crippen LogP contribution in [-0.4, -0.2) is 39.0 Å². The Morgan fingerprint density at radius 3 is 2.53 bits per heavy atom. The first-order valence-electron chi connectivity index (χ1n) is 5.22. The lowest BCUT2D eigenvalue weighted by Gasteiger charge is -2.14. The van der Waals surface area contributed by atoms with Crippen molar-refractivity contribution in [3.05, 3.63) is 29.8 Å². The molecule has 0 aliphatic heterocycles. The van der Waals surface area contributed by atoms with Crippen LogP contribution in [0.1, 0.15) is 10.4 Å². The van der Waals surface area contributed by atoms with Crippen LogP contribution in [0, 0.1) is 0 Å². The largest absolute Gasteiger partial charge is 0.544 e. The van der Waals surface area contributed by atoms with E-state index in [4.69, 9.17) is 4.74 Å². The molecule has 1 N–H and O–H groups in total. The van der Waals surface area contributed by atoms with Gasteiger partial charge >= 0.3 is 0 Å². The number of nitrogens with one attached hydrogen (secondary N) is 1. The predicted molar refractivity (Wildman–Crippen MR) is 59.0 cm³/mol. The summed E-state index contributed by atoms with van der Waals surface area (Å²) in [4.78, 5) is 22.9. The highest BCUT2D eigenvalue weighted by molar-refractivity contribution is 5.99. The molecular weight excluding hydrogens is 222 g/mol. The summed E-state index contributed by atoms with van der Waals surface area (Å²) in [6, 6.07) is 6.87. The molecular formula is C12H15NO4. The zero-order chi connectivity index (χ0) is 12.8. The Morgan fingerprint density at radius 1 is 1.29 bits per heavy atom. The van der Waals surface area contributed by atoms with Crippen molar-refractivity contribution in [1.29, 1.82) is 0 Å². The van der Waals surface area contributed by atoms with Gasteiger partial charge in [-0.05, 0) is 12.1 Å². The molecule has 1 atom stereocenters. The Hall–Kier alpha value is -1.88. The van der Waals surface area contributed by atoms with Gasteiger partial charge in [0.2, 0.25) is 5.78 Å². The predicted octanol–water partition coefficient (Wildman–Crippen LogP) is -1.86. The maximum atomic E-state index is 11.9. The second-order valence-corrected chi connectivity index (χ2v) is 3.81. The van der Waals surface area contributed by atoms with Gasteiger partial charge in [0.1, 0.15) is 18.8 Å². The Morgan fingerprint density at radius 2 is 1.94 bits per heavy atom. The second kappa shape index (κ2) is 6.00. The number of ether oxygens (including phenoxy) is 1. The van der Waals surface area contributed by atoms with Gasteiger partial charge in [0.15, 0.2) is 0 Å². The number of rotatable bonds is 6. The molecule has 0 radical (unpaired) electrons. The number of carboxylic acids is 1. The Balaban J connectivity index is 2.72. The van der Waals surface area contributed by atoms with Crippen LogP contribution < -0.4 is 14.7 Å². The van der Waals surface area contributed by atoms with Gasteiger partial charge < -0.3 is 19.5 Å². The van der Waals surface area contributed by atoms with Crippen molar-refractivity contribution in [2.24, 2.45) is 0 Å². The van der Waals surface area contributed by atoms with Crippen molar-refractivity contribution in [3.8, 4) is 5.75 Å². The minimum absolute atomic E-state index is 0.0916. The Bertz CT molecular complexity index is 417. The van der Waals surface area contributed by atoms with E-state index < -0.39 is 5.97 Å². The molecule has 1 unspecified atom stereocenters. The smallest absolute Gasteiger partial charge is 0.220 e. The molecule has 0 heterocycles. The number of hydrogen-bond donors (Lipinski definition) is 1. The molecule has 0 fully saturated rings. The summed E-state index contributed by atoms with van der Waals surface area (Å²) in [6.45, 7) is -0.102. The molecule has 0 aliphatic rings. The Kier molecular flexibility index (Phi) is 4.66. The standard InChI is InChI=1S/C12H15NO4/c1-13(8-12(15)16)7-10(14)9-5-3-4-6-11(9)17-2/h3-6H,7-8H2,1-2H3,(H,15,16). The van der Waals surface area contributed by atoms with Crippen LogP contribution in [0.25, 0.3) is 0 Å². The van der Waals surface area contributed by atoms with Crippen LogP contribution in [0.5, 0.6) is 5.75 Å². The summed E-state index contributed by atoms with van der Waals surface area (Å²) in [5.41, 5.74) is 0.465. The van der Waals surface area contributed by atoms with Gasteiger partial charge in [-0.1, -0.05) is 12.1 Å². The molecule has 92 valence electrons. The molecule has 5 nitrogen and oxygen atoms in total. The van der Waals surface area contributed by atoms with Crippen LogP contribution in [-0.2, 0) is 4.79 Å². The van der Waals surface area contributed by atoms with E-state index in [1.807, 2.05) is 0 Å². The fourth-order valence-corrected chi connectivity index (χ4v) is 1.55. The quantitative estimate of drug-likeness (QED) is 0.589. The van der Waals surface area contributed by atoms with Crippen LogP contribution in [0.3, 0.4) is 0 Å². The summed E-state index contributed by atoms with van der Waals surface area (Å²) in [5.74, 6) is -0.824. The Labute approximate surface area is 99.6 Å². The molecule has 1 aromatic carbocycles. The summed E-state index contributed by atoms with van der Waals surface area (Å²) in [5, 5.41) is 10.4. The van der Waals surface area contributed by atoms with E-state index in [1.54, 1.807) is 31.3 Å². The van der Waals surface area contributed by atoms with E-state index in [0.717, 1.165) is 0 Å². The van der Waals surface area contributed by atoms with E-state index in [2.05, 4.69) is 0 Å². The van der Waals surface area contributed by atoms with Crippen LogP contribution in [0.4, 0.5) is 0 Å². The monoisotopic (exact) mass is 237 g/mol. The first-order valence-corrected chi connectivity index (χ1v) is 5.22. The number of methoxy groups -OCH3 is 1. The number of aliphatic carboxylic acids is 1. The molecule has 0 aliphatic carbocycles. The molecule has 0 spiro atoms. The molecule has 1 aromatic rings. The van der Waals surface area contributed by atoms with Gasteiger partial charge in [-0.25, -0.2) is 0 Å². The van der Waals surface area contributed by atoms with E-state index in [9.17, 15) is 14.7 Å². The minimum atomic E-state index is -1.17. The highest BCUT2D eigenvalue weighted by Crippen LogP contribution is 2.16. The van der Waals surface area contributed by atoms with Gasteiger partial charge in [0.05, 0.1) is 25.7 Å². The zero-order valence-corrected chi connectivity index (χ0v) is 9.86. The molecule has 0 saturated carbocycles. The third kappa shape index (κ3) is 3.88. The summed E-state index contributed by atoms with van der Waals surface area (Å²) in [7, 11) is 3.12. The maximum absolute atomic E-state index is 11.9.